The molecule has 0 aliphatic heterocycles. The zero-order valence-electron chi connectivity index (χ0n) is 15.5. The van der Waals surface area contributed by atoms with Gasteiger partial charge in [0.05, 0.1) is 17.6 Å². The summed E-state index contributed by atoms with van der Waals surface area (Å²) in [7, 11) is 0. The molecule has 0 aromatic carbocycles. The normalized spacial score (nSPS) is 11.1. The summed E-state index contributed by atoms with van der Waals surface area (Å²) in [6, 6.07) is 8.07. The highest BCUT2D eigenvalue weighted by atomic mass is 32.1. The highest BCUT2D eigenvalue weighted by molar-refractivity contribution is 7.14. The molecule has 0 bridgehead atoms. The quantitative estimate of drug-likeness (QED) is 0.496. The van der Waals surface area contributed by atoms with Crippen molar-refractivity contribution in [1.82, 2.24) is 19.5 Å². The third-order valence-corrected chi connectivity index (χ3v) is 4.93. The molecule has 0 radical (unpaired) electrons. The minimum absolute atomic E-state index is 0.00363. The van der Waals surface area contributed by atoms with Crippen molar-refractivity contribution in [3.8, 4) is 0 Å². The summed E-state index contributed by atoms with van der Waals surface area (Å²) >= 11 is 1.24. The number of halogens is 2. The first-order valence-corrected chi connectivity index (χ1v) is 9.76. The Balaban J connectivity index is 1.43. The summed E-state index contributed by atoms with van der Waals surface area (Å²) in [5, 5.41) is 4.89. The molecule has 1 amide bonds. The number of pyridine rings is 2. The van der Waals surface area contributed by atoms with Gasteiger partial charge in [-0.1, -0.05) is 0 Å². The average molecular weight is 423 g/mol. The van der Waals surface area contributed by atoms with E-state index in [1.54, 1.807) is 36.0 Å². The van der Waals surface area contributed by atoms with Crippen molar-refractivity contribution in [2.75, 3.05) is 5.32 Å². The second kappa shape index (κ2) is 8.75. The SMILES string of the molecule is O=C(Nc1nc(/C=C/c2ncc(F)cc2F)cs1)c1cccn1Cc1ccncc1. The first kappa shape index (κ1) is 19.6. The minimum Gasteiger partial charge on any atom is -0.339 e. The molecule has 0 aliphatic carbocycles. The zero-order chi connectivity index (χ0) is 20.9. The molecule has 4 rings (SSSR count). The molecule has 0 fully saturated rings. The third-order valence-electron chi connectivity index (χ3n) is 4.16. The Kier molecular flexibility index (Phi) is 5.71. The topological polar surface area (TPSA) is 72.7 Å². The summed E-state index contributed by atoms with van der Waals surface area (Å²) in [6.45, 7) is 0.542. The second-order valence-corrected chi connectivity index (χ2v) is 7.12. The van der Waals surface area contributed by atoms with Crippen molar-refractivity contribution in [2.45, 2.75) is 6.54 Å². The van der Waals surface area contributed by atoms with E-state index in [1.807, 2.05) is 22.9 Å². The molecule has 150 valence electrons. The Hall–Kier alpha value is -3.72. The van der Waals surface area contributed by atoms with Gasteiger partial charge in [0.2, 0.25) is 0 Å². The number of carbonyl (C=O) groups is 1. The van der Waals surface area contributed by atoms with Crippen LogP contribution in [-0.4, -0.2) is 25.4 Å². The molecule has 4 heterocycles. The van der Waals surface area contributed by atoms with Gasteiger partial charge < -0.3 is 4.57 Å². The number of carbonyl (C=O) groups excluding carboxylic acids is 1. The fourth-order valence-corrected chi connectivity index (χ4v) is 3.41. The van der Waals surface area contributed by atoms with E-state index in [1.165, 1.54) is 17.4 Å². The maximum Gasteiger partial charge on any atom is 0.274 e. The molecule has 0 saturated carbocycles. The van der Waals surface area contributed by atoms with Gasteiger partial charge in [-0.25, -0.2) is 13.8 Å². The van der Waals surface area contributed by atoms with Crippen molar-refractivity contribution in [3.05, 3.63) is 94.8 Å². The van der Waals surface area contributed by atoms with E-state index in [0.717, 1.165) is 17.8 Å². The van der Waals surface area contributed by atoms with E-state index in [2.05, 4.69) is 20.3 Å². The van der Waals surface area contributed by atoms with Crippen LogP contribution in [0.4, 0.5) is 13.9 Å². The van der Waals surface area contributed by atoms with Crippen LogP contribution in [-0.2, 0) is 6.54 Å². The van der Waals surface area contributed by atoms with Gasteiger partial charge in [0.15, 0.2) is 10.9 Å². The van der Waals surface area contributed by atoms with Gasteiger partial charge in [-0.3, -0.25) is 20.1 Å². The van der Waals surface area contributed by atoms with Gasteiger partial charge in [-0.05, 0) is 42.0 Å². The van der Waals surface area contributed by atoms with Crippen LogP contribution in [0.1, 0.15) is 27.4 Å². The minimum atomic E-state index is -0.759. The first-order valence-electron chi connectivity index (χ1n) is 8.88. The molecular formula is C21H15F2N5OS. The molecule has 9 heteroatoms. The Labute approximate surface area is 174 Å². The highest BCUT2D eigenvalue weighted by Gasteiger charge is 2.13. The molecule has 6 nitrogen and oxygen atoms in total. The van der Waals surface area contributed by atoms with Crippen LogP contribution in [0.15, 0.2) is 60.5 Å². The van der Waals surface area contributed by atoms with Crippen molar-refractivity contribution in [2.24, 2.45) is 0 Å². The molecule has 0 atom stereocenters. The average Bonchev–Trinajstić information content (AvgIpc) is 3.37. The number of hydrogen-bond donors (Lipinski definition) is 1. The third kappa shape index (κ3) is 4.64. The number of aromatic nitrogens is 4. The van der Waals surface area contributed by atoms with Crippen molar-refractivity contribution in [3.63, 3.8) is 0 Å². The number of thiazole rings is 1. The van der Waals surface area contributed by atoms with Crippen LogP contribution in [0.25, 0.3) is 12.2 Å². The summed E-state index contributed by atoms with van der Waals surface area (Å²) in [4.78, 5) is 24.6. The van der Waals surface area contributed by atoms with Gasteiger partial charge in [-0.15, -0.1) is 11.3 Å². The van der Waals surface area contributed by atoms with E-state index in [0.29, 0.717) is 23.1 Å². The maximum absolute atomic E-state index is 13.6. The molecule has 1 N–H and O–H groups in total. The number of anilines is 1. The second-order valence-electron chi connectivity index (χ2n) is 6.26. The van der Waals surface area contributed by atoms with Crippen LogP contribution in [0.5, 0.6) is 0 Å². The lowest BCUT2D eigenvalue weighted by Gasteiger charge is -2.08. The fraction of sp³-hybridized carbons (Fsp3) is 0.0476. The van der Waals surface area contributed by atoms with Crippen molar-refractivity contribution < 1.29 is 13.6 Å². The maximum atomic E-state index is 13.6. The number of rotatable bonds is 6. The molecule has 30 heavy (non-hydrogen) atoms. The smallest absolute Gasteiger partial charge is 0.274 e. The van der Waals surface area contributed by atoms with Crippen molar-refractivity contribution >= 4 is 34.5 Å². The molecule has 4 aromatic heterocycles. The van der Waals surface area contributed by atoms with Crippen LogP contribution in [0.2, 0.25) is 0 Å². The number of amides is 1. The Morgan fingerprint density at radius 1 is 1.20 bits per heavy atom. The van der Waals surface area contributed by atoms with Crippen LogP contribution in [0, 0.1) is 11.6 Å². The molecule has 0 spiro atoms. The van der Waals surface area contributed by atoms with Crippen molar-refractivity contribution in [1.29, 1.82) is 0 Å². The van der Waals surface area contributed by atoms with Crippen LogP contribution >= 0.6 is 11.3 Å². The number of hydrogen-bond acceptors (Lipinski definition) is 5. The standard InChI is InChI=1S/C21H15F2N5OS/c22-15-10-17(23)18(25-11-15)4-3-16-13-30-21(26-16)27-20(29)19-2-1-9-28(19)12-14-5-7-24-8-6-14/h1-11,13H,12H2,(H,26,27,29)/b4-3+. The fourth-order valence-electron chi connectivity index (χ4n) is 2.74. The number of nitrogens with one attached hydrogen (secondary N) is 1. The Morgan fingerprint density at radius 2 is 2.03 bits per heavy atom. The van der Waals surface area contributed by atoms with Crippen LogP contribution in [0.3, 0.4) is 0 Å². The van der Waals surface area contributed by atoms with E-state index in [9.17, 15) is 13.6 Å². The van der Waals surface area contributed by atoms with E-state index < -0.39 is 11.6 Å². The van der Waals surface area contributed by atoms with Gasteiger partial charge in [0.1, 0.15) is 11.5 Å². The number of nitrogens with zero attached hydrogens (tertiary/aromatic N) is 4. The largest absolute Gasteiger partial charge is 0.339 e. The lowest BCUT2D eigenvalue weighted by atomic mass is 10.2. The molecule has 0 saturated heterocycles. The van der Waals surface area contributed by atoms with E-state index >= 15 is 0 Å². The first-order chi connectivity index (χ1) is 14.6. The molecule has 0 unspecified atom stereocenters. The molecular weight excluding hydrogens is 408 g/mol. The summed E-state index contributed by atoms with van der Waals surface area (Å²) in [5.41, 5.74) is 2.05. The summed E-state index contributed by atoms with van der Waals surface area (Å²) < 4.78 is 28.4. The molecule has 0 aliphatic rings. The predicted octanol–water partition coefficient (Wildman–Crippen LogP) is 4.48. The van der Waals surface area contributed by atoms with Gasteiger partial charge in [0, 0.05) is 36.6 Å². The Morgan fingerprint density at radius 3 is 2.83 bits per heavy atom. The van der Waals surface area contributed by atoms with Gasteiger partial charge >= 0.3 is 0 Å². The van der Waals surface area contributed by atoms with E-state index in [-0.39, 0.29) is 11.6 Å². The van der Waals surface area contributed by atoms with Crippen LogP contribution < -0.4 is 5.32 Å². The zero-order valence-corrected chi connectivity index (χ0v) is 16.3. The van der Waals surface area contributed by atoms with Gasteiger partial charge in [0.25, 0.3) is 5.91 Å². The summed E-state index contributed by atoms with van der Waals surface area (Å²) in [5.74, 6) is -1.79. The Bertz CT molecular complexity index is 1200. The lowest BCUT2D eigenvalue weighted by molar-refractivity contribution is 0.101. The lowest BCUT2D eigenvalue weighted by Crippen LogP contribution is -2.17. The summed E-state index contributed by atoms with van der Waals surface area (Å²) in [6.07, 6.45) is 9.12. The van der Waals surface area contributed by atoms with E-state index in [4.69, 9.17) is 0 Å². The monoisotopic (exact) mass is 423 g/mol. The molecule has 4 aromatic rings. The predicted molar refractivity (Wildman–Crippen MR) is 111 cm³/mol. The van der Waals surface area contributed by atoms with Gasteiger partial charge in [-0.2, -0.15) is 0 Å². The highest BCUT2D eigenvalue weighted by Crippen LogP contribution is 2.19.